The summed E-state index contributed by atoms with van der Waals surface area (Å²) in [5.74, 6) is 0. The Kier molecular flexibility index (Phi) is 4.66. The normalized spacial score (nSPS) is 12.5. The Hall–Kier alpha value is -2.55. The Bertz CT molecular complexity index is 788. The molecule has 1 aromatic carbocycles. The summed E-state index contributed by atoms with van der Waals surface area (Å²) in [4.78, 5) is 7.56. The number of H-pyrrole nitrogens is 1. The van der Waals surface area contributed by atoms with Crippen LogP contribution in [0.3, 0.4) is 0 Å². The van der Waals surface area contributed by atoms with E-state index in [4.69, 9.17) is 0 Å². The number of aliphatic imine (C=N–C) groups is 1. The third-order valence-corrected chi connectivity index (χ3v) is 3.80. The highest BCUT2D eigenvalue weighted by molar-refractivity contribution is 6.02. The van der Waals surface area contributed by atoms with Crippen LogP contribution < -0.4 is 5.32 Å². The van der Waals surface area contributed by atoms with Crippen LogP contribution in [0.1, 0.15) is 25.1 Å². The van der Waals surface area contributed by atoms with Crippen LogP contribution in [0.5, 0.6) is 0 Å². The van der Waals surface area contributed by atoms with Gasteiger partial charge in [-0.1, -0.05) is 24.8 Å². The number of fused-ring (bicyclic) bond motifs is 1. The molecule has 0 saturated heterocycles. The first kappa shape index (κ1) is 15.8. The molecule has 3 nitrogen and oxygen atoms in total. The van der Waals surface area contributed by atoms with Crippen molar-refractivity contribution in [3.63, 3.8) is 0 Å². The molecule has 0 atom stereocenters. The molecule has 1 heterocycles. The topological polar surface area (TPSA) is 40.2 Å². The van der Waals surface area contributed by atoms with Crippen LogP contribution in [0.4, 0.5) is 0 Å². The minimum absolute atomic E-state index is 0.922. The molecular formula is C19H23N3. The Morgan fingerprint density at radius 1 is 1.23 bits per heavy atom. The average Bonchev–Trinajstić information content (AvgIpc) is 2.94. The second kappa shape index (κ2) is 6.48. The predicted octanol–water partition coefficient (Wildman–Crippen LogP) is 4.41. The molecule has 22 heavy (non-hydrogen) atoms. The van der Waals surface area contributed by atoms with Gasteiger partial charge in [0.05, 0.1) is 0 Å². The highest BCUT2D eigenvalue weighted by Gasteiger charge is 2.10. The van der Waals surface area contributed by atoms with Gasteiger partial charge in [0.1, 0.15) is 0 Å². The average molecular weight is 293 g/mol. The summed E-state index contributed by atoms with van der Waals surface area (Å²) < 4.78 is 0. The highest BCUT2D eigenvalue weighted by Crippen LogP contribution is 2.27. The first-order valence-electron chi connectivity index (χ1n) is 7.27. The molecule has 0 fully saturated rings. The van der Waals surface area contributed by atoms with E-state index >= 15 is 0 Å². The smallest absolute Gasteiger partial charge is 0.0466 e. The number of hydrogen-bond donors (Lipinski definition) is 2. The summed E-state index contributed by atoms with van der Waals surface area (Å²) in [6.07, 6.45) is 1.83. The molecule has 0 unspecified atom stereocenters. The molecule has 1 aromatic heterocycles. The van der Waals surface area contributed by atoms with Crippen LogP contribution in [-0.4, -0.2) is 25.3 Å². The lowest BCUT2D eigenvalue weighted by molar-refractivity contribution is 0.984. The summed E-state index contributed by atoms with van der Waals surface area (Å²) in [6.45, 7) is 12.3. The van der Waals surface area contributed by atoms with E-state index in [1.807, 2.05) is 27.1 Å². The lowest BCUT2D eigenvalue weighted by atomic mass is 10.0. The third kappa shape index (κ3) is 3.03. The number of hydrogen-bond acceptors (Lipinski definition) is 2. The molecule has 0 aliphatic carbocycles. The molecule has 0 saturated carbocycles. The van der Waals surface area contributed by atoms with Crippen molar-refractivity contribution in [3.05, 3.63) is 60.0 Å². The Labute approximate surface area is 132 Å². The first-order valence-corrected chi connectivity index (χ1v) is 7.27. The van der Waals surface area contributed by atoms with Crippen LogP contribution >= 0.6 is 0 Å². The molecule has 0 bridgehead atoms. The molecule has 0 spiro atoms. The first-order chi connectivity index (χ1) is 10.5. The number of aromatic nitrogens is 1. The number of benzene rings is 1. The SMILES string of the molecule is C=C(C)c1ccc2[nH]c(C(=C)C(/C=N\C)=C(/C)NC)cc2c1. The molecule has 3 heteroatoms. The minimum Gasteiger partial charge on any atom is -0.391 e. The maximum Gasteiger partial charge on any atom is 0.0466 e. The summed E-state index contributed by atoms with van der Waals surface area (Å²) in [5.41, 5.74) is 7.27. The van der Waals surface area contributed by atoms with Gasteiger partial charge in [0, 0.05) is 53.8 Å². The van der Waals surface area contributed by atoms with Gasteiger partial charge >= 0.3 is 0 Å². The van der Waals surface area contributed by atoms with Gasteiger partial charge in [-0.2, -0.15) is 0 Å². The molecule has 0 aliphatic heterocycles. The molecule has 0 aliphatic rings. The summed E-state index contributed by atoms with van der Waals surface area (Å²) in [6, 6.07) is 8.43. The summed E-state index contributed by atoms with van der Waals surface area (Å²) >= 11 is 0. The van der Waals surface area contributed by atoms with E-state index in [2.05, 4.69) is 52.7 Å². The molecule has 114 valence electrons. The van der Waals surface area contributed by atoms with Crippen molar-refractivity contribution in [1.29, 1.82) is 0 Å². The number of nitrogens with zero attached hydrogens (tertiary/aromatic N) is 1. The van der Waals surface area contributed by atoms with E-state index in [0.29, 0.717) is 0 Å². The second-order valence-electron chi connectivity index (χ2n) is 5.42. The van der Waals surface area contributed by atoms with Crippen molar-refractivity contribution < 1.29 is 0 Å². The van der Waals surface area contributed by atoms with Gasteiger partial charge in [0.2, 0.25) is 0 Å². The van der Waals surface area contributed by atoms with E-state index < -0.39 is 0 Å². The predicted molar refractivity (Wildman–Crippen MR) is 98.2 cm³/mol. The molecule has 0 radical (unpaired) electrons. The van der Waals surface area contributed by atoms with Crippen molar-refractivity contribution in [2.45, 2.75) is 13.8 Å². The van der Waals surface area contributed by atoms with E-state index in [9.17, 15) is 0 Å². The number of allylic oxidation sites excluding steroid dienone is 4. The monoisotopic (exact) mass is 293 g/mol. The van der Waals surface area contributed by atoms with E-state index in [1.54, 1.807) is 7.05 Å². The number of nitrogens with one attached hydrogen (secondary N) is 2. The quantitative estimate of drug-likeness (QED) is 0.622. The maximum absolute atomic E-state index is 4.23. The van der Waals surface area contributed by atoms with Crippen molar-refractivity contribution in [3.8, 4) is 0 Å². The third-order valence-electron chi connectivity index (χ3n) is 3.80. The molecule has 2 rings (SSSR count). The fourth-order valence-corrected chi connectivity index (χ4v) is 2.37. The fraction of sp³-hybridized carbons (Fsp3) is 0.211. The van der Waals surface area contributed by atoms with Crippen molar-refractivity contribution in [1.82, 2.24) is 10.3 Å². The fourth-order valence-electron chi connectivity index (χ4n) is 2.37. The van der Waals surface area contributed by atoms with Gasteiger partial charge in [-0.3, -0.25) is 4.99 Å². The minimum atomic E-state index is 0.922. The lowest BCUT2D eigenvalue weighted by Crippen LogP contribution is -2.07. The van der Waals surface area contributed by atoms with Crippen molar-refractivity contribution in [2.75, 3.05) is 14.1 Å². The zero-order valence-electron chi connectivity index (χ0n) is 13.7. The Morgan fingerprint density at radius 3 is 2.55 bits per heavy atom. The largest absolute Gasteiger partial charge is 0.391 e. The molecule has 2 N–H and O–H groups in total. The molecule has 0 amide bonds. The zero-order valence-corrected chi connectivity index (χ0v) is 13.7. The van der Waals surface area contributed by atoms with E-state index in [0.717, 1.165) is 44.6 Å². The van der Waals surface area contributed by atoms with Gasteiger partial charge < -0.3 is 10.3 Å². The summed E-state index contributed by atoms with van der Waals surface area (Å²) in [7, 11) is 3.66. The standard InChI is InChI=1S/C19H23N3/c1-12(2)15-7-8-18-16(9-15)10-19(22-18)13(3)17(11-20-5)14(4)21-6/h7-11,21-22H,1,3H2,2,4-6H3/b17-14-,20-11-. The van der Waals surface area contributed by atoms with Gasteiger partial charge in [0.15, 0.2) is 0 Å². The van der Waals surface area contributed by atoms with Gasteiger partial charge in [-0.15, -0.1) is 0 Å². The van der Waals surface area contributed by atoms with Crippen LogP contribution in [0.25, 0.3) is 22.0 Å². The maximum atomic E-state index is 4.23. The lowest BCUT2D eigenvalue weighted by Gasteiger charge is -2.09. The van der Waals surface area contributed by atoms with Crippen LogP contribution in [-0.2, 0) is 0 Å². The van der Waals surface area contributed by atoms with Crippen molar-refractivity contribution in [2.24, 2.45) is 4.99 Å². The van der Waals surface area contributed by atoms with Crippen LogP contribution in [0.15, 0.2) is 53.7 Å². The Morgan fingerprint density at radius 2 is 1.95 bits per heavy atom. The highest BCUT2D eigenvalue weighted by atomic mass is 14.8. The van der Waals surface area contributed by atoms with Gasteiger partial charge in [-0.25, -0.2) is 0 Å². The zero-order chi connectivity index (χ0) is 16.3. The van der Waals surface area contributed by atoms with Gasteiger partial charge in [-0.05, 0) is 37.6 Å². The number of aromatic amines is 1. The van der Waals surface area contributed by atoms with E-state index in [-0.39, 0.29) is 0 Å². The number of rotatable bonds is 5. The van der Waals surface area contributed by atoms with Crippen molar-refractivity contribution >= 4 is 28.3 Å². The molecular weight excluding hydrogens is 270 g/mol. The van der Waals surface area contributed by atoms with Crippen LogP contribution in [0, 0.1) is 0 Å². The second-order valence-corrected chi connectivity index (χ2v) is 5.42. The van der Waals surface area contributed by atoms with Gasteiger partial charge in [0.25, 0.3) is 0 Å². The Balaban J connectivity index is 2.50. The summed E-state index contributed by atoms with van der Waals surface area (Å²) in [5, 5.41) is 4.32. The van der Waals surface area contributed by atoms with E-state index in [1.165, 1.54) is 0 Å². The molecule has 2 aromatic rings. The van der Waals surface area contributed by atoms with Crippen LogP contribution in [0.2, 0.25) is 0 Å².